The van der Waals surface area contributed by atoms with Gasteiger partial charge in [0.25, 0.3) is 0 Å². The van der Waals surface area contributed by atoms with E-state index >= 15 is 0 Å². The number of primary amides is 1. The Morgan fingerprint density at radius 3 is 2.07 bits per heavy atom. The number of aliphatic carboxylic acids is 1. The Morgan fingerprint density at radius 1 is 1.13 bits per heavy atom. The lowest BCUT2D eigenvalue weighted by atomic mass is 9.73. The predicted molar refractivity (Wildman–Crippen MR) is 50.9 cm³/mol. The highest BCUT2D eigenvalue weighted by Crippen LogP contribution is 2.36. The first-order chi connectivity index (χ1) is 6.99. The van der Waals surface area contributed by atoms with Crippen molar-refractivity contribution in [3.8, 4) is 0 Å². The van der Waals surface area contributed by atoms with Crippen LogP contribution in [0.15, 0.2) is 0 Å². The molecule has 0 atom stereocenters. The van der Waals surface area contributed by atoms with E-state index < -0.39 is 23.3 Å². The SMILES string of the molecule is NC(=O)NC(=O)C1(C(=O)O)CCCCC1. The van der Waals surface area contributed by atoms with Gasteiger partial charge in [-0.25, -0.2) is 4.79 Å². The van der Waals surface area contributed by atoms with Crippen molar-refractivity contribution in [1.82, 2.24) is 5.32 Å². The maximum absolute atomic E-state index is 11.6. The van der Waals surface area contributed by atoms with E-state index in [-0.39, 0.29) is 12.8 Å². The van der Waals surface area contributed by atoms with Gasteiger partial charge in [-0.3, -0.25) is 14.9 Å². The molecule has 4 N–H and O–H groups in total. The minimum absolute atomic E-state index is 0.265. The molecule has 0 aromatic rings. The summed E-state index contributed by atoms with van der Waals surface area (Å²) >= 11 is 0. The smallest absolute Gasteiger partial charge is 0.319 e. The topological polar surface area (TPSA) is 109 Å². The maximum atomic E-state index is 11.6. The van der Waals surface area contributed by atoms with Crippen molar-refractivity contribution >= 4 is 17.9 Å². The molecule has 1 aliphatic rings. The highest BCUT2D eigenvalue weighted by atomic mass is 16.4. The summed E-state index contributed by atoms with van der Waals surface area (Å²) in [5.41, 5.74) is 3.33. The van der Waals surface area contributed by atoms with Crippen LogP contribution in [0.1, 0.15) is 32.1 Å². The van der Waals surface area contributed by atoms with Gasteiger partial charge in [-0.15, -0.1) is 0 Å². The van der Waals surface area contributed by atoms with Gasteiger partial charge in [-0.05, 0) is 12.8 Å². The molecule has 0 aromatic heterocycles. The molecule has 0 aliphatic heterocycles. The Morgan fingerprint density at radius 2 is 1.67 bits per heavy atom. The first kappa shape index (κ1) is 11.5. The number of carbonyl (C=O) groups is 3. The molecule has 0 radical (unpaired) electrons. The van der Waals surface area contributed by atoms with Crippen LogP contribution in [0.2, 0.25) is 0 Å². The Labute approximate surface area is 86.8 Å². The number of amides is 3. The Bertz CT molecular complexity index is 294. The number of rotatable bonds is 2. The number of nitrogens with one attached hydrogen (secondary N) is 1. The standard InChI is InChI=1S/C9H14N2O4/c10-8(15)11-6(12)9(7(13)14)4-2-1-3-5-9/h1-5H2,(H,13,14)(H3,10,11,12,15). The third-order valence-electron chi connectivity index (χ3n) is 2.79. The van der Waals surface area contributed by atoms with Gasteiger partial charge in [-0.2, -0.15) is 0 Å². The fourth-order valence-electron chi connectivity index (χ4n) is 1.92. The molecule has 0 aromatic carbocycles. The zero-order valence-corrected chi connectivity index (χ0v) is 8.28. The molecule has 6 nitrogen and oxygen atoms in total. The van der Waals surface area contributed by atoms with E-state index in [0.717, 1.165) is 6.42 Å². The Kier molecular flexibility index (Phi) is 3.28. The summed E-state index contributed by atoms with van der Waals surface area (Å²) in [5.74, 6) is -1.97. The molecule has 1 fully saturated rings. The maximum Gasteiger partial charge on any atom is 0.319 e. The Balaban J connectivity index is 2.85. The van der Waals surface area contributed by atoms with Crippen molar-refractivity contribution in [3.63, 3.8) is 0 Å². The van der Waals surface area contributed by atoms with E-state index in [1.54, 1.807) is 0 Å². The predicted octanol–water partition coefficient (Wildman–Crippen LogP) is 0.216. The Hall–Kier alpha value is -1.59. The number of hydrogen-bond donors (Lipinski definition) is 3. The molecular formula is C9H14N2O4. The van der Waals surface area contributed by atoms with Crippen LogP contribution >= 0.6 is 0 Å². The van der Waals surface area contributed by atoms with Crippen LogP contribution in [-0.4, -0.2) is 23.0 Å². The first-order valence-corrected chi connectivity index (χ1v) is 4.83. The van der Waals surface area contributed by atoms with Gasteiger partial charge in [0.15, 0.2) is 0 Å². The van der Waals surface area contributed by atoms with E-state index in [1.165, 1.54) is 0 Å². The van der Waals surface area contributed by atoms with Crippen LogP contribution in [0.3, 0.4) is 0 Å². The normalized spacial score (nSPS) is 19.2. The van der Waals surface area contributed by atoms with Crippen LogP contribution in [0, 0.1) is 5.41 Å². The van der Waals surface area contributed by atoms with Crippen molar-refractivity contribution in [3.05, 3.63) is 0 Å². The molecule has 0 unspecified atom stereocenters. The largest absolute Gasteiger partial charge is 0.480 e. The number of hydrogen-bond acceptors (Lipinski definition) is 3. The van der Waals surface area contributed by atoms with Gasteiger partial charge in [0.1, 0.15) is 5.41 Å². The van der Waals surface area contributed by atoms with Gasteiger partial charge in [0, 0.05) is 0 Å². The van der Waals surface area contributed by atoms with E-state index in [2.05, 4.69) is 0 Å². The van der Waals surface area contributed by atoms with Crippen LogP contribution < -0.4 is 11.1 Å². The van der Waals surface area contributed by atoms with Crippen molar-refractivity contribution in [2.45, 2.75) is 32.1 Å². The number of carbonyl (C=O) groups excluding carboxylic acids is 2. The van der Waals surface area contributed by atoms with Crippen LogP contribution in [-0.2, 0) is 9.59 Å². The van der Waals surface area contributed by atoms with Crippen molar-refractivity contribution in [2.75, 3.05) is 0 Å². The molecule has 84 valence electrons. The minimum Gasteiger partial charge on any atom is -0.480 e. The average molecular weight is 214 g/mol. The van der Waals surface area contributed by atoms with Gasteiger partial charge in [-0.1, -0.05) is 19.3 Å². The van der Waals surface area contributed by atoms with Crippen molar-refractivity contribution < 1.29 is 19.5 Å². The van der Waals surface area contributed by atoms with Gasteiger partial charge < -0.3 is 10.8 Å². The second-order valence-corrected chi connectivity index (χ2v) is 3.77. The molecule has 15 heavy (non-hydrogen) atoms. The monoisotopic (exact) mass is 214 g/mol. The van der Waals surface area contributed by atoms with Crippen LogP contribution in [0.25, 0.3) is 0 Å². The van der Waals surface area contributed by atoms with Crippen molar-refractivity contribution in [2.24, 2.45) is 11.1 Å². The fourth-order valence-corrected chi connectivity index (χ4v) is 1.92. The second-order valence-electron chi connectivity index (χ2n) is 3.77. The summed E-state index contributed by atoms with van der Waals surface area (Å²) in [5, 5.41) is 10.9. The third kappa shape index (κ3) is 2.26. The third-order valence-corrected chi connectivity index (χ3v) is 2.79. The summed E-state index contributed by atoms with van der Waals surface area (Å²) in [6.45, 7) is 0. The molecular weight excluding hydrogens is 200 g/mol. The number of urea groups is 1. The lowest BCUT2D eigenvalue weighted by Crippen LogP contribution is -2.50. The lowest BCUT2D eigenvalue weighted by Gasteiger charge is -2.30. The number of carboxylic acid groups (broad SMARTS) is 1. The molecule has 0 heterocycles. The number of imide groups is 1. The molecule has 1 saturated carbocycles. The van der Waals surface area contributed by atoms with Crippen LogP contribution in [0.5, 0.6) is 0 Å². The molecule has 6 heteroatoms. The zero-order valence-electron chi connectivity index (χ0n) is 8.28. The summed E-state index contributed by atoms with van der Waals surface area (Å²) in [7, 11) is 0. The highest BCUT2D eigenvalue weighted by molar-refractivity contribution is 6.07. The van der Waals surface area contributed by atoms with Gasteiger partial charge in [0.05, 0.1) is 0 Å². The summed E-state index contributed by atoms with van der Waals surface area (Å²) in [6.07, 6.45) is 2.80. The van der Waals surface area contributed by atoms with E-state index in [4.69, 9.17) is 10.8 Å². The van der Waals surface area contributed by atoms with E-state index in [1.807, 2.05) is 5.32 Å². The average Bonchev–Trinajstić information content (AvgIpc) is 2.17. The fraction of sp³-hybridized carbons (Fsp3) is 0.667. The molecule has 0 spiro atoms. The second kappa shape index (κ2) is 4.29. The van der Waals surface area contributed by atoms with Gasteiger partial charge in [0.2, 0.25) is 5.91 Å². The van der Waals surface area contributed by atoms with Crippen LogP contribution in [0.4, 0.5) is 4.79 Å². The van der Waals surface area contributed by atoms with Gasteiger partial charge >= 0.3 is 12.0 Å². The molecule has 0 bridgehead atoms. The molecule has 3 amide bonds. The molecule has 1 rings (SSSR count). The lowest BCUT2D eigenvalue weighted by molar-refractivity contribution is -0.157. The highest BCUT2D eigenvalue weighted by Gasteiger charge is 2.47. The van der Waals surface area contributed by atoms with E-state index in [9.17, 15) is 14.4 Å². The van der Waals surface area contributed by atoms with Crippen molar-refractivity contribution in [1.29, 1.82) is 0 Å². The molecule has 0 saturated heterocycles. The summed E-state index contributed by atoms with van der Waals surface area (Å²) in [6, 6.07) is -1.01. The summed E-state index contributed by atoms with van der Waals surface area (Å²) < 4.78 is 0. The quantitative estimate of drug-likeness (QED) is 0.571. The van der Waals surface area contributed by atoms with E-state index in [0.29, 0.717) is 12.8 Å². The number of nitrogens with two attached hydrogens (primary N) is 1. The molecule has 1 aliphatic carbocycles. The minimum atomic E-state index is -1.46. The zero-order chi connectivity index (χ0) is 11.5. The first-order valence-electron chi connectivity index (χ1n) is 4.83. The number of carboxylic acids is 1. The summed E-state index contributed by atoms with van der Waals surface area (Å²) in [4.78, 5) is 33.2.